The predicted molar refractivity (Wildman–Crippen MR) is 102 cm³/mol. The van der Waals surface area contributed by atoms with E-state index in [2.05, 4.69) is 27.6 Å². The van der Waals surface area contributed by atoms with Crippen LogP contribution in [0.25, 0.3) is 0 Å². The largest absolute Gasteiger partial charge is 0.492 e. The van der Waals surface area contributed by atoms with E-state index >= 15 is 0 Å². The first-order chi connectivity index (χ1) is 13.5. The summed E-state index contributed by atoms with van der Waals surface area (Å²) in [5.74, 6) is -2.92. The number of anilines is 1. The number of carbonyl (C=O) groups excluding carboxylic acids is 3. The van der Waals surface area contributed by atoms with Crippen molar-refractivity contribution in [1.29, 1.82) is 0 Å². The maximum atomic E-state index is 12.6. The fourth-order valence-corrected chi connectivity index (χ4v) is 2.17. The van der Waals surface area contributed by atoms with Crippen LogP contribution in [0.5, 0.6) is 11.8 Å². The number of rotatable bonds is 5. The van der Waals surface area contributed by atoms with Gasteiger partial charge < -0.3 is 19.8 Å². The summed E-state index contributed by atoms with van der Waals surface area (Å²) in [6.07, 6.45) is 0. The Kier molecular flexibility index (Phi) is 6.38. The van der Waals surface area contributed by atoms with Crippen molar-refractivity contribution in [2.24, 2.45) is 4.36 Å². The van der Waals surface area contributed by atoms with E-state index in [9.17, 15) is 24.6 Å². The highest BCUT2D eigenvalue weighted by molar-refractivity contribution is 7.47. The maximum Gasteiger partial charge on any atom is 0.370 e. The molecule has 12 heteroatoms. The van der Waals surface area contributed by atoms with E-state index in [-0.39, 0.29) is 16.8 Å². The number of amides is 2. The number of ether oxygens (including phenoxy) is 1. The highest BCUT2D eigenvalue weighted by atomic mass is 32.1. The first-order valence-electron chi connectivity index (χ1n) is 8.11. The summed E-state index contributed by atoms with van der Waals surface area (Å²) in [4.78, 5) is 41.5. The zero-order chi connectivity index (χ0) is 21.8. The van der Waals surface area contributed by atoms with Gasteiger partial charge in [-0.2, -0.15) is 0 Å². The number of aromatic hydroxyl groups is 2. The molecule has 11 nitrogen and oxygen atoms in total. The molecule has 1 aromatic carbocycles. The van der Waals surface area contributed by atoms with Crippen LogP contribution in [0.1, 0.15) is 41.5 Å². The zero-order valence-electron chi connectivity index (χ0n) is 15.6. The number of para-hydroxylation sites is 1. The number of carbonyl (C=O) groups is 3. The number of hydrogen-bond donors (Lipinski definition) is 4. The third-order valence-electron chi connectivity index (χ3n) is 3.25. The molecule has 0 radical (unpaired) electrons. The fraction of sp³-hybridized carbons (Fsp3) is 0.235. The minimum atomic E-state index is -1.07. The Morgan fingerprint density at radius 3 is 2.10 bits per heavy atom. The Morgan fingerprint density at radius 1 is 1.03 bits per heavy atom. The Labute approximate surface area is 170 Å². The standard InChI is InChI=1S/C17H18N4O7S/c1-17(2,3)27-14(24)9-5-4-6-10(13(9)18-19-16(26)20-29)15(25)28-21-11(22)7-8-12(21)23/h4-8,18,22-23H,1-3H3,(H,19,26). The van der Waals surface area contributed by atoms with Gasteiger partial charge >= 0.3 is 18.0 Å². The van der Waals surface area contributed by atoms with Crippen LogP contribution in [0, 0.1) is 0 Å². The third-order valence-corrected chi connectivity index (χ3v) is 3.42. The monoisotopic (exact) mass is 422 g/mol. The molecule has 0 aliphatic heterocycles. The van der Waals surface area contributed by atoms with E-state index in [0.717, 1.165) is 12.1 Å². The molecule has 1 aromatic heterocycles. The minimum absolute atomic E-state index is 0.0972. The summed E-state index contributed by atoms with van der Waals surface area (Å²) >= 11 is 4.27. The van der Waals surface area contributed by atoms with Gasteiger partial charge in [-0.1, -0.05) is 6.07 Å². The van der Waals surface area contributed by atoms with Crippen LogP contribution in [0.2, 0.25) is 0 Å². The molecule has 0 atom stereocenters. The zero-order valence-corrected chi connectivity index (χ0v) is 16.4. The lowest BCUT2D eigenvalue weighted by Crippen LogP contribution is -2.31. The van der Waals surface area contributed by atoms with Crippen LogP contribution in [0.4, 0.5) is 10.5 Å². The molecule has 29 heavy (non-hydrogen) atoms. The van der Waals surface area contributed by atoms with Crippen molar-refractivity contribution in [2.45, 2.75) is 26.4 Å². The lowest BCUT2D eigenvalue weighted by molar-refractivity contribution is 0.00704. The van der Waals surface area contributed by atoms with E-state index in [1.807, 2.05) is 0 Å². The van der Waals surface area contributed by atoms with Crippen LogP contribution in [0.3, 0.4) is 0 Å². The van der Waals surface area contributed by atoms with Crippen LogP contribution >= 0.6 is 0 Å². The Hall–Kier alpha value is -3.67. The summed E-state index contributed by atoms with van der Waals surface area (Å²) in [6.45, 7) is 4.97. The molecule has 0 aliphatic carbocycles. The number of benzene rings is 1. The quantitative estimate of drug-likeness (QED) is 0.418. The number of esters is 1. The molecule has 0 saturated carbocycles. The number of nitrogens with one attached hydrogen (secondary N) is 2. The average Bonchev–Trinajstić information content (AvgIpc) is 2.96. The molecular weight excluding hydrogens is 404 g/mol. The first-order valence-corrected chi connectivity index (χ1v) is 8.48. The summed E-state index contributed by atoms with van der Waals surface area (Å²) < 4.78 is 8.74. The molecule has 0 spiro atoms. The smallest absolute Gasteiger partial charge is 0.370 e. The van der Waals surface area contributed by atoms with Crippen molar-refractivity contribution in [3.8, 4) is 11.8 Å². The van der Waals surface area contributed by atoms with Crippen LogP contribution in [0.15, 0.2) is 34.7 Å². The number of hydrazine groups is 1. The van der Waals surface area contributed by atoms with Gasteiger partial charge in [0.25, 0.3) is 0 Å². The van der Waals surface area contributed by atoms with E-state index in [1.54, 1.807) is 20.8 Å². The lowest BCUT2D eigenvalue weighted by Gasteiger charge is -2.21. The van der Waals surface area contributed by atoms with Gasteiger partial charge in [0.15, 0.2) is 0 Å². The number of urea groups is 1. The van der Waals surface area contributed by atoms with Gasteiger partial charge in [-0.15, -0.1) is 9.09 Å². The first kappa shape index (κ1) is 21.6. The number of hydrogen-bond acceptors (Lipinski definition) is 9. The van der Waals surface area contributed by atoms with E-state index < -0.39 is 35.3 Å². The fourth-order valence-electron chi connectivity index (χ4n) is 2.13. The molecule has 2 rings (SSSR count). The molecule has 4 N–H and O–H groups in total. The Morgan fingerprint density at radius 2 is 1.59 bits per heavy atom. The minimum Gasteiger partial charge on any atom is -0.492 e. The molecule has 2 amide bonds. The molecule has 0 fully saturated rings. The van der Waals surface area contributed by atoms with Gasteiger partial charge in [-0.3, -0.25) is 5.43 Å². The highest BCUT2D eigenvalue weighted by Gasteiger charge is 2.26. The SMILES string of the molecule is CC(C)(C)OC(=O)c1cccc(C(=O)On2c(O)ccc2O)c1NNC(=O)N=S. The second kappa shape index (κ2) is 8.56. The summed E-state index contributed by atoms with van der Waals surface area (Å²) in [5.41, 5.74) is 3.19. The van der Waals surface area contributed by atoms with Crippen LogP contribution in [-0.2, 0) is 17.2 Å². The van der Waals surface area contributed by atoms with Crippen molar-refractivity contribution in [3.05, 3.63) is 41.5 Å². The predicted octanol–water partition coefficient (Wildman–Crippen LogP) is 1.89. The van der Waals surface area contributed by atoms with Crippen molar-refractivity contribution < 1.29 is 34.2 Å². The van der Waals surface area contributed by atoms with Crippen molar-refractivity contribution >= 4 is 36.1 Å². The van der Waals surface area contributed by atoms with E-state index in [1.165, 1.54) is 18.2 Å². The second-order valence-corrected chi connectivity index (χ2v) is 6.78. The van der Waals surface area contributed by atoms with Crippen molar-refractivity contribution in [3.63, 3.8) is 0 Å². The summed E-state index contributed by atoms with van der Waals surface area (Å²) in [6, 6.07) is 5.28. The third kappa shape index (κ3) is 5.42. The van der Waals surface area contributed by atoms with Crippen LogP contribution in [-0.4, -0.2) is 38.5 Å². The molecule has 0 aliphatic rings. The van der Waals surface area contributed by atoms with Gasteiger partial charge in [-0.25, -0.2) is 19.8 Å². The van der Waals surface area contributed by atoms with E-state index in [4.69, 9.17) is 9.57 Å². The normalized spacial score (nSPS) is 10.7. The Balaban J connectivity index is 2.45. The van der Waals surface area contributed by atoms with Gasteiger partial charge in [0.1, 0.15) is 5.60 Å². The van der Waals surface area contributed by atoms with E-state index in [0.29, 0.717) is 4.73 Å². The lowest BCUT2D eigenvalue weighted by atomic mass is 10.1. The Bertz CT molecular complexity index is 946. The molecule has 0 unspecified atom stereocenters. The molecule has 2 aromatic rings. The van der Waals surface area contributed by atoms with Crippen molar-refractivity contribution in [2.75, 3.05) is 5.43 Å². The highest BCUT2D eigenvalue weighted by Crippen LogP contribution is 2.25. The molecule has 1 heterocycles. The van der Waals surface area contributed by atoms with Gasteiger partial charge in [-0.05, 0) is 32.9 Å². The molecule has 0 bridgehead atoms. The number of aromatic nitrogens is 1. The van der Waals surface area contributed by atoms with Gasteiger partial charge in [0, 0.05) is 24.6 Å². The van der Waals surface area contributed by atoms with Gasteiger partial charge in [0.05, 0.1) is 16.8 Å². The van der Waals surface area contributed by atoms with Crippen LogP contribution < -0.4 is 15.7 Å². The average molecular weight is 422 g/mol. The molecular formula is C17H18N4O7S. The summed E-state index contributed by atoms with van der Waals surface area (Å²) in [5, 5.41) is 19.3. The summed E-state index contributed by atoms with van der Waals surface area (Å²) in [7, 11) is 0. The van der Waals surface area contributed by atoms with Crippen molar-refractivity contribution in [1.82, 2.24) is 10.2 Å². The van der Waals surface area contributed by atoms with Gasteiger partial charge in [0.2, 0.25) is 11.8 Å². The molecule has 154 valence electrons. The topological polar surface area (TPSA) is 151 Å². The molecule has 0 saturated heterocycles. The number of nitrogens with zero attached hydrogens (tertiary/aromatic N) is 2. The second-order valence-electron chi connectivity index (χ2n) is 6.60. The maximum absolute atomic E-state index is 12.6.